The molecule has 6 heteroatoms. The Balaban J connectivity index is 1.70. The zero-order valence-corrected chi connectivity index (χ0v) is 17.3. The van der Waals surface area contributed by atoms with Gasteiger partial charge in [-0.3, -0.25) is 9.59 Å². The van der Waals surface area contributed by atoms with Crippen molar-refractivity contribution < 1.29 is 14.3 Å². The van der Waals surface area contributed by atoms with Gasteiger partial charge in [-0.25, -0.2) is 0 Å². The SMILES string of the molecule is COc1ccc([C@@H](NC(=O)c2cc(=O)c(OCc3ccccc3)c[nH]2)C(C)C)cc1. The van der Waals surface area contributed by atoms with Gasteiger partial charge in [-0.2, -0.15) is 0 Å². The molecule has 156 valence electrons. The minimum absolute atomic E-state index is 0.155. The van der Waals surface area contributed by atoms with E-state index >= 15 is 0 Å². The molecule has 0 fully saturated rings. The summed E-state index contributed by atoms with van der Waals surface area (Å²) < 4.78 is 10.8. The normalized spacial score (nSPS) is 11.7. The second-order valence-electron chi connectivity index (χ2n) is 7.32. The van der Waals surface area contributed by atoms with Crippen LogP contribution in [0.2, 0.25) is 0 Å². The highest BCUT2D eigenvalue weighted by Crippen LogP contribution is 2.24. The van der Waals surface area contributed by atoms with Crippen LogP contribution < -0.4 is 20.2 Å². The van der Waals surface area contributed by atoms with Crippen molar-refractivity contribution in [2.75, 3.05) is 7.11 Å². The Morgan fingerprint density at radius 1 is 1.07 bits per heavy atom. The molecule has 0 aliphatic carbocycles. The average molecular weight is 406 g/mol. The summed E-state index contributed by atoms with van der Waals surface area (Å²) in [7, 11) is 1.61. The van der Waals surface area contributed by atoms with Crippen molar-refractivity contribution in [3.63, 3.8) is 0 Å². The molecular weight excluding hydrogens is 380 g/mol. The van der Waals surface area contributed by atoms with E-state index in [0.29, 0.717) is 0 Å². The van der Waals surface area contributed by atoms with Crippen LogP contribution in [0.15, 0.2) is 71.7 Å². The maximum Gasteiger partial charge on any atom is 0.268 e. The first-order valence-corrected chi connectivity index (χ1v) is 9.82. The van der Waals surface area contributed by atoms with Crippen LogP contribution in [0.4, 0.5) is 0 Å². The Morgan fingerprint density at radius 2 is 1.77 bits per heavy atom. The number of carbonyl (C=O) groups excluding carboxylic acids is 1. The standard InChI is InChI=1S/C24H26N2O4/c1-16(2)23(18-9-11-19(29-3)12-10-18)26-24(28)20-13-21(27)22(14-25-20)30-15-17-7-5-4-6-8-17/h4-14,16,23H,15H2,1-3H3,(H,25,27)(H,26,28)/t23-/m0/s1. The molecule has 0 bridgehead atoms. The number of hydrogen-bond acceptors (Lipinski definition) is 4. The molecule has 2 N–H and O–H groups in total. The molecule has 3 aromatic rings. The van der Waals surface area contributed by atoms with Gasteiger partial charge >= 0.3 is 0 Å². The largest absolute Gasteiger partial charge is 0.497 e. The van der Waals surface area contributed by atoms with Crippen LogP contribution in [-0.4, -0.2) is 18.0 Å². The van der Waals surface area contributed by atoms with Crippen molar-refractivity contribution in [2.45, 2.75) is 26.5 Å². The van der Waals surface area contributed by atoms with E-state index in [9.17, 15) is 9.59 Å². The van der Waals surface area contributed by atoms with Crippen LogP contribution in [0.25, 0.3) is 0 Å². The molecule has 1 amide bonds. The molecule has 6 nitrogen and oxygen atoms in total. The number of nitrogens with one attached hydrogen (secondary N) is 2. The summed E-state index contributed by atoms with van der Waals surface area (Å²) in [5.41, 5.74) is 1.76. The monoisotopic (exact) mass is 406 g/mol. The third-order valence-corrected chi connectivity index (χ3v) is 4.79. The fourth-order valence-electron chi connectivity index (χ4n) is 3.10. The molecule has 0 spiro atoms. The van der Waals surface area contributed by atoms with E-state index in [2.05, 4.69) is 10.3 Å². The Labute approximate surface area is 175 Å². The number of methoxy groups -OCH3 is 1. The van der Waals surface area contributed by atoms with Gasteiger partial charge in [-0.15, -0.1) is 0 Å². The van der Waals surface area contributed by atoms with Crippen molar-refractivity contribution in [2.24, 2.45) is 5.92 Å². The lowest BCUT2D eigenvalue weighted by molar-refractivity contribution is 0.0920. The topological polar surface area (TPSA) is 80.4 Å². The van der Waals surface area contributed by atoms with Gasteiger partial charge in [-0.05, 0) is 29.2 Å². The van der Waals surface area contributed by atoms with Gasteiger partial charge in [0.25, 0.3) is 5.91 Å². The smallest absolute Gasteiger partial charge is 0.268 e. The summed E-state index contributed by atoms with van der Waals surface area (Å²) in [6.07, 6.45) is 1.43. The second kappa shape index (κ2) is 9.78. The zero-order chi connectivity index (χ0) is 21.5. The number of hydrogen-bond donors (Lipinski definition) is 2. The third-order valence-electron chi connectivity index (χ3n) is 4.79. The molecule has 1 heterocycles. The first-order valence-electron chi connectivity index (χ1n) is 9.82. The number of carbonyl (C=O) groups is 1. The molecule has 0 unspecified atom stereocenters. The summed E-state index contributed by atoms with van der Waals surface area (Å²) >= 11 is 0. The number of rotatable bonds is 8. The summed E-state index contributed by atoms with van der Waals surface area (Å²) in [5, 5.41) is 3.00. The number of aromatic nitrogens is 1. The molecule has 3 rings (SSSR count). The molecular formula is C24H26N2O4. The molecule has 1 aromatic heterocycles. The Morgan fingerprint density at radius 3 is 2.37 bits per heavy atom. The van der Waals surface area contributed by atoms with Gasteiger partial charge in [0, 0.05) is 12.3 Å². The van der Waals surface area contributed by atoms with Crippen molar-refractivity contribution in [3.05, 3.63) is 93.9 Å². The molecule has 0 radical (unpaired) electrons. The average Bonchev–Trinajstić information content (AvgIpc) is 2.77. The van der Waals surface area contributed by atoms with E-state index in [-0.39, 0.29) is 41.3 Å². The maximum absolute atomic E-state index is 12.8. The van der Waals surface area contributed by atoms with Crippen LogP contribution in [0.3, 0.4) is 0 Å². The fourth-order valence-corrected chi connectivity index (χ4v) is 3.10. The highest BCUT2D eigenvalue weighted by molar-refractivity contribution is 5.92. The van der Waals surface area contributed by atoms with Crippen molar-refractivity contribution >= 4 is 5.91 Å². The van der Waals surface area contributed by atoms with E-state index in [1.165, 1.54) is 12.3 Å². The van der Waals surface area contributed by atoms with Gasteiger partial charge in [0.1, 0.15) is 18.1 Å². The minimum atomic E-state index is -0.351. The molecule has 0 aliphatic rings. The Hall–Kier alpha value is -3.54. The summed E-state index contributed by atoms with van der Waals surface area (Å²) in [4.78, 5) is 28.0. The molecule has 0 saturated heterocycles. The maximum atomic E-state index is 12.8. The lowest BCUT2D eigenvalue weighted by Crippen LogP contribution is -2.32. The van der Waals surface area contributed by atoms with Crippen LogP contribution in [0.1, 0.15) is 41.5 Å². The predicted octanol–water partition coefficient (Wildman–Crippen LogP) is 4.09. The number of aromatic amines is 1. The highest BCUT2D eigenvalue weighted by Gasteiger charge is 2.20. The van der Waals surface area contributed by atoms with Gasteiger partial charge < -0.3 is 19.8 Å². The number of pyridine rings is 1. The van der Waals surface area contributed by atoms with E-state index in [1.54, 1.807) is 7.11 Å². The van der Waals surface area contributed by atoms with Crippen molar-refractivity contribution in [3.8, 4) is 11.5 Å². The van der Waals surface area contributed by atoms with Gasteiger partial charge in [-0.1, -0.05) is 56.3 Å². The molecule has 0 aliphatic heterocycles. The van der Waals surface area contributed by atoms with Crippen LogP contribution in [0.5, 0.6) is 11.5 Å². The summed E-state index contributed by atoms with van der Waals surface area (Å²) in [5.74, 6) is 0.729. The molecule has 2 aromatic carbocycles. The third kappa shape index (κ3) is 5.29. The van der Waals surface area contributed by atoms with Crippen LogP contribution in [0, 0.1) is 5.92 Å². The highest BCUT2D eigenvalue weighted by atomic mass is 16.5. The Kier molecular flexibility index (Phi) is 6.91. The lowest BCUT2D eigenvalue weighted by atomic mass is 9.95. The fraction of sp³-hybridized carbons (Fsp3) is 0.250. The van der Waals surface area contributed by atoms with Crippen LogP contribution in [-0.2, 0) is 6.61 Å². The van der Waals surface area contributed by atoms with Crippen molar-refractivity contribution in [1.29, 1.82) is 0 Å². The van der Waals surface area contributed by atoms with Gasteiger partial charge in [0.2, 0.25) is 5.43 Å². The summed E-state index contributed by atoms with van der Waals surface area (Å²) in [6, 6.07) is 18.2. The quantitative estimate of drug-likeness (QED) is 0.590. The molecule has 30 heavy (non-hydrogen) atoms. The van der Waals surface area contributed by atoms with Gasteiger partial charge in [0.05, 0.1) is 13.2 Å². The first-order chi connectivity index (χ1) is 14.5. The second-order valence-corrected chi connectivity index (χ2v) is 7.32. The Bertz CT molecular complexity index is 1030. The molecule has 1 atom stereocenters. The number of amides is 1. The van der Waals surface area contributed by atoms with E-state index in [4.69, 9.17) is 9.47 Å². The first kappa shape index (κ1) is 21.2. The number of benzene rings is 2. The van der Waals surface area contributed by atoms with Crippen molar-refractivity contribution in [1.82, 2.24) is 10.3 Å². The van der Waals surface area contributed by atoms with Crippen LogP contribution >= 0.6 is 0 Å². The number of H-pyrrole nitrogens is 1. The summed E-state index contributed by atoms with van der Waals surface area (Å²) in [6.45, 7) is 4.33. The lowest BCUT2D eigenvalue weighted by Gasteiger charge is -2.23. The van der Waals surface area contributed by atoms with E-state index in [1.807, 2.05) is 68.4 Å². The number of ether oxygens (including phenoxy) is 2. The predicted molar refractivity (Wildman–Crippen MR) is 116 cm³/mol. The molecule has 0 saturated carbocycles. The van der Waals surface area contributed by atoms with E-state index < -0.39 is 0 Å². The van der Waals surface area contributed by atoms with Gasteiger partial charge in [0.15, 0.2) is 5.75 Å². The minimum Gasteiger partial charge on any atom is -0.497 e. The van der Waals surface area contributed by atoms with E-state index in [0.717, 1.165) is 16.9 Å². The zero-order valence-electron chi connectivity index (χ0n) is 17.3.